The third-order valence-electron chi connectivity index (χ3n) is 4.62. The molecule has 30 heavy (non-hydrogen) atoms. The van der Waals surface area contributed by atoms with E-state index in [-0.39, 0.29) is 5.91 Å². The predicted molar refractivity (Wildman–Crippen MR) is 122 cm³/mol. The first-order chi connectivity index (χ1) is 14.4. The SMILES string of the molecule is Cc1ccc(OCc2csc(C(=O)Nc3nc(-c4cn(C)nc4C)cs3)c2)c(C)c1. The highest BCUT2D eigenvalue weighted by molar-refractivity contribution is 7.14. The Kier molecular flexibility index (Phi) is 5.69. The number of thiazole rings is 1. The number of thiophene rings is 1. The maximum atomic E-state index is 12.6. The minimum Gasteiger partial charge on any atom is -0.489 e. The van der Waals surface area contributed by atoms with Gasteiger partial charge in [-0.1, -0.05) is 17.7 Å². The molecule has 4 rings (SSSR count). The fraction of sp³-hybridized carbons (Fsp3) is 0.227. The third kappa shape index (κ3) is 4.44. The number of carbonyl (C=O) groups excluding carboxylic acids is 1. The smallest absolute Gasteiger partial charge is 0.267 e. The highest BCUT2D eigenvalue weighted by Crippen LogP contribution is 2.28. The van der Waals surface area contributed by atoms with Crippen LogP contribution in [-0.2, 0) is 13.7 Å². The molecule has 0 unspecified atom stereocenters. The molecule has 8 heteroatoms. The van der Waals surface area contributed by atoms with Crippen molar-refractivity contribution in [1.29, 1.82) is 0 Å². The zero-order chi connectivity index (χ0) is 21.3. The molecule has 0 saturated heterocycles. The standard InChI is InChI=1S/C22H22N4O2S2/c1-13-5-6-19(14(2)7-13)28-10-16-8-20(29-11-16)21(27)24-22-23-18(12-30-22)17-9-26(4)25-15(17)3/h5-9,11-12H,10H2,1-4H3,(H,23,24,27). The van der Waals surface area contributed by atoms with Crippen molar-refractivity contribution < 1.29 is 9.53 Å². The summed E-state index contributed by atoms with van der Waals surface area (Å²) in [5, 5.41) is 11.7. The molecule has 0 aliphatic carbocycles. The molecule has 0 radical (unpaired) electrons. The van der Waals surface area contributed by atoms with Gasteiger partial charge in [0.25, 0.3) is 5.91 Å². The van der Waals surface area contributed by atoms with Gasteiger partial charge in [0.2, 0.25) is 0 Å². The van der Waals surface area contributed by atoms with E-state index in [0.717, 1.165) is 33.8 Å². The number of benzene rings is 1. The molecule has 0 fully saturated rings. The van der Waals surface area contributed by atoms with E-state index in [4.69, 9.17) is 4.74 Å². The molecule has 6 nitrogen and oxygen atoms in total. The minimum atomic E-state index is -0.165. The average molecular weight is 439 g/mol. The number of ether oxygens (including phenoxy) is 1. The largest absolute Gasteiger partial charge is 0.489 e. The second-order valence-corrected chi connectivity index (χ2v) is 8.94. The van der Waals surface area contributed by atoms with E-state index in [1.807, 2.05) is 56.1 Å². The van der Waals surface area contributed by atoms with Crippen molar-refractivity contribution in [3.63, 3.8) is 0 Å². The van der Waals surface area contributed by atoms with E-state index in [1.165, 1.54) is 28.2 Å². The second kappa shape index (κ2) is 8.41. The van der Waals surface area contributed by atoms with Crippen LogP contribution in [0.5, 0.6) is 5.75 Å². The number of nitrogens with zero attached hydrogens (tertiary/aromatic N) is 3. The van der Waals surface area contributed by atoms with Gasteiger partial charge in [-0.25, -0.2) is 4.98 Å². The van der Waals surface area contributed by atoms with Gasteiger partial charge in [-0.15, -0.1) is 22.7 Å². The summed E-state index contributed by atoms with van der Waals surface area (Å²) < 4.78 is 7.67. The van der Waals surface area contributed by atoms with Gasteiger partial charge in [-0.3, -0.25) is 14.8 Å². The van der Waals surface area contributed by atoms with Gasteiger partial charge < -0.3 is 4.74 Å². The van der Waals surface area contributed by atoms with Crippen molar-refractivity contribution in [3.05, 3.63) is 68.5 Å². The molecular weight excluding hydrogens is 416 g/mol. The summed E-state index contributed by atoms with van der Waals surface area (Å²) in [6.45, 7) is 6.46. The molecule has 4 aromatic rings. The Hall–Kier alpha value is -2.97. The first kappa shape index (κ1) is 20.3. The Balaban J connectivity index is 1.39. The lowest BCUT2D eigenvalue weighted by Crippen LogP contribution is -2.09. The lowest BCUT2D eigenvalue weighted by atomic mass is 10.1. The monoisotopic (exact) mass is 438 g/mol. The number of aryl methyl sites for hydroxylation is 4. The van der Waals surface area contributed by atoms with Gasteiger partial charge in [0.1, 0.15) is 12.4 Å². The Morgan fingerprint density at radius 2 is 2.00 bits per heavy atom. The minimum absolute atomic E-state index is 0.165. The maximum Gasteiger partial charge on any atom is 0.267 e. The summed E-state index contributed by atoms with van der Waals surface area (Å²) in [4.78, 5) is 17.8. The highest BCUT2D eigenvalue weighted by Gasteiger charge is 2.14. The Bertz CT molecular complexity index is 1210. The first-order valence-corrected chi connectivity index (χ1v) is 11.2. The second-order valence-electron chi connectivity index (χ2n) is 7.17. The van der Waals surface area contributed by atoms with Crippen molar-refractivity contribution in [2.75, 3.05) is 5.32 Å². The molecule has 3 heterocycles. The number of hydrogen-bond donors (Lipinski definition) is 1. The summed E-state index contributed by atoms with van der Waals surface area (Å²) >= 11 is 2.80. The lowest BCUT2D eigenvalue weighted by molar-refractivity contribution is 0.103. The van der Waals surface area contributed by atoms with Crippen molar-refractivity contribution in [3.8, 4) is 17.0 Å². The first-order valence-electron chi connectivity index (χ1n) is 9.44. The van der Waals surface area contributed by atoms with E-state index in [0.29, 0.717) is 16.6 Å². The normalized spacial score (nSPS) is 10.9. The van der Waals surface area contributed by atoms with Gasteiger partial charge in [0, 0.05) is 29.8 Å². The molecule has 0 aliphatic heterocycles. The summed E-state index contributed by atoms with van der Waals surface area (Å²) in [6, 6.07) is 7.97. The molecule has 1 N–H and O–H groups in total. The number of aromatic nitrogens is 3. The summed E-state index contributed by atoms with van der Waals surface area (Å²) in [5.74, 6) is 0.695. The fourth-order valence-corrected chi connectivity index (χ4v) is 4.65. The van der Waals surface area contributed by atoms with Crippen LogP contribution >= 0.6 is 22.7 Å². The number of anilines is 1. The van der Waals surface area contributed by atoms with Crippen LogP contribution in [0.25, 0.3) is 11.3 Å². The Labute approximate surface area is 183 Å². The van der Waals surface area contributed by atoms with Crippen LogP contribution in [0, 0.1) is 20.8 Å². The molecule has 0 aliphatic rings. The van der Waals surface area contributed by atoms with Crippen molar-refractivity contribution in [2.45, 2.75) is 27.4 Å². The molecule has 0 bridgehead atoms. The molecule has 3 aromatic heterocycles. The van der Waals surface area contributed by atoms with Crippen LogP contribution in [0.2, 0.25) is 0 Å². The zero-order valence-electron chi connectivity index (χ0n) is 17.2. The van der Waals surface area contributed by atoms with Crippen LogP contribution in [-0.4, -0.2) is 20.7 Å². The predicted octanol–water partition coefficient (Wildman–Crippen LogP) is 5.36. The van der Waals surface area contributed by atoms with Crippen LogP contribution in [0.15, 0.2) is 41.2 Å². The van der Waals surface area contributed by atoms with Crippen molar-refractivity contribution in [2.24, 2.45) is 7.05 Å². The van der Waals surface area contributed by atoms with E-state index >= 15 is 0 Å². The van der Waals surface area contributed by atoms with Crippen molar-refractivity contribution >= 4 is 33.7 Å². The topological polar surface area (TPSA) is 69.0 Å². The molecule has 1 aromatic carbocycles. The lowest BCUT2D eigenvalue weighted by Gasteiger charge is -2.08. The van der Waals surface area contributed by atoms with Gasteiger partial charge in [-0.2, -0.15) is 5.10 Å². The van der Waals surface area contributed by atoms with E-state index < -0.39 is 0 Å². The number of carbonyl (C=O) groups is 1. The van der Waals surface area contributed by atoms with Gasteiger partial charge in [0.15, 0.2) is 5.13 Å². The van der Waals surface area contributed by atoms with E-state index in [9.17, 15) is 4.79 Å². The van der Waals surface area contributed by atoms with Crippen LogP contribution in [0.4, 0.5) is 5.13 Å². The van der Waals surface area contributed by atoms with Crippen LogP contribution < -0.4 is 10.1 Å². The number of hydrogen-bond acceptors (Lipinski definition) is 6. The quantitative estimate of drug-likeness (QED) is 0.440. The van der Waals surface area contributed by atoms with E-state index in [1.54, 1.807) is 4.68 Å². The highest BCUT2D eigenvalue weighted by atomic mass is 32.1. The zero-order valence-corrected chi connectivity index (χ0v) is 18.9. The number of rotatable bonds is 6. The number of amides is 1. The molecule has 0 spiro atoms. The fourth-order valence-electron chi connectivity index (χ4n) is 3.16. The Morgan fingerprint density at radius 3 is 2.73 bits per heavy atom. The molecule has 1 amide bonds. The van der Waals surface area contributed by atoms with Gasteiger partial charge in [0.05, 0.1) is 16.3 Å². The molecule has 0 atom stereocenters. The maximum absolute atomic E-state index is 12.6. The summed E-state index contributed by atoms with van der Waals surface area (Å²) in [5.41, 5.74) is 5.97. The van der Waals surface area contributed by atoms with E-state index in [2.05, 4.69) is 28.4 Å². The van der Waals surface area contributed by atoms with Crippen molar-refractivity contribution in [1.82, 2.24) is 14.8 Å². The average Bonchev–Trinajstić information content (AvgIpc) is 3.41. The molecule has 154 valence electrons. The van der Waals surface area contributed by atoms with Gasteiger partial charge >= 0.3 is 0 Å². The van der Waals surface area contributed by atoms with Crippen LogP contribution in [0.3, 0.4) is 0 Å². The molecular formula is C22H22N4O2S2. The number of nitrogens with one attached hydrogen (secondary N) is 1. The summed E-state index contributed by atoms with van der Waals surface area (Å²) in [7, 11) is 1.88. The van der Waals surface area contributed by atoms with Gasteiger partial charge in [-0.05, 0) is 43.8 Å². The Morgan fingerprint density at radius 1 is 1.17 bits per heavy atom. The summed E-state index contributed by atoms with van der Waals surface area (Å²) in [6.07, 6.45) is 1.93. The third-order valence-corrected chi connectivity index (χ3v) is 6.35. The molecule has 0 saturated carbocycles. The van der Waals surface area contributed by atoms with Crippen LogP contribution in [0.1, 0.15) is 32.1 Å².